The second kappa shape index (κ2) is 9.55. The van der Waals surface area contributed by atoms with Gasteiger partial charge in [-0.3, -0.25) is 0 Å². The summed E-state index contributed by atoms with van der Waals surface area (Å²) in [7, 11) is 1.57. The summed E-state index contributed by atoms with van der Waals surface area (Å²) in [6.45, 7) is 4.80. The molecule has 0 aliphatic heterocycles. The van der Waals surface area contributed by atoms with Crippen molar-refractivity contribution in [1.29, 1.82) is 0 Å². The Kier molecular flexibility index (Phi) is 6.85. The number of nitrogens with one attached hydrogen (secondary N) is 1. The quantitative estimate of drug-likeness (QED) is 0.473. The third kappa shape index (κ3) is 5.05. The van der Waals surface area contributed by atoms with Gasteiger partial charge in [-0.2, -0.15) is 0 Å². The molecule has 3 aromatic carbocycles. The van der Waals surface area contributed by atoms with E-state index in [9.17, 15) is 9.90 Å². The highest BCUT2D eigenvalue weighted by Crippen LogP contribution is 2.37. The fourth-order valence-corrected chi connectivity index (χ4v) is 3.37. The van der Waals surface area contributed by atoms with E-state index in [-0.39, 0.29) is 5.56 Å². The largest absolute Gasteiger partial charge is 0.493 e. The molecule has 0 spiro atoms. The number of rotatable bonds is 8. The molecule has 0 bridgehead atoms. The molecule has 0 amide bonds. The van der Waals surface area contributed by atoms with Crippen molar-refractivity contribution in [2.75, 3.05) is 12.4 Å². The molecular weight excluding hydrogens is 402 g/mol. The Labute approximate surface area is 181 Å². The molecule has 6 heteroatoms. The van der Waals surface area contributed by atoms with E-state index >= 15 is 0 Å². The van der Waals surface area contributed by atoms with Crippen LogP contribution in [0.2, 0.25) is 5.02 Å². The molecule has 0 heterocycles. The summed E-state index contributed by atoms with van der Waals surface area (Å²) in [4.78, 5) is 11.2. The number of carbonyl (C=O) groups is 1. The first kappa shape index (κ1) is 21.5. The average Bonchev–Trinajstić information content (AvgIpc) is 2.72. The number of aromatic carboxylic acids is 1. The van der Waals surface area contributed by atoms with Crippen LogP contribution < -0.4 is 14.8 Å². The molecule has 5 nitrogen and oxygen atoms in total. The Balaban J connectivity index is 1.76. The van der Waals surface area contributed by atoms with Gasteiger partial charge in [-0.05, 0) is 60.4 Å². The Bertz CT molecular complexity index is 1070. The number of halogens is 1. The lowest BCUT2D eigenvalue weighted by molar-refractivity contribution is 0.0697. The standard InChI is InChI=1S/C24H24ClNO4/c1-15-6-4-5-7-19(15)14-30-23-20(25)10-17(11-22(23)29-3)13-26-21-12-18(24(27)28)9-8-16(21)2/h4-12,26H,13-14H2,1-3H3,(H,27,28). The molecule has 0 saturated heterocycles. The van der Waals surface area contributed by atoms with Crippen molar-refractivity contribution in [2.45, 2.75) is 27.0 Å². The zero-order chi connectivity index (χ0) is 21.7. The van der Waals surface area contributed by atoms with Crippen molar-refractivity contribution < 1.29 is 19.4 Å². The highest BCUT2D eigenvalue weighted by Gasteiger charge is 2.13. The van der Waals surface area contributed by atoms with E-state index in [0.29, 0.717) is 29.7 Å². The van der Waals surface area contributed by atoms with Crippen molar-refractivity contribution in [3.05, 3.63) is 87.4 Å². The van der Waals surface area contributed by atoms with Crippen molar-refractivity contribution in [3.63, 3.8) is 0 Å². The second-order valence-electron chi connectivity index (χ2n) is 7.01. The van der Waals surface area contributed by atoms with Gasteiger partial charge in [0.05, 0.1) is 17.7 Å². The molecule has 0 aliphatic carbocycles. The van der Waals surface area contributed by atoms with Crippen LogP contribution in [0.5, 0.6) is 11.5 Å². The summed E-state index contributed by atoms with van der Waals surface area (Å²) in [6.07, 6.45) is 0. The molecule has 0 unspecified atom stereocenters. The molecule has 3 aromatic rings. The zero-order valence-electron chi connectivity index (χ0n) is 17.2. The number of anilines is 1. The van der Waals surface area contributed by atoms with Gasteiger partial charge in [0.25, 0.3) is 0 Å². The van der Waals surface area contributed by atoms with Gasteiger partial charge in [0.1, 0.15) is 6.61 Å². The minimum absolute atomic E-state index is 0.235. The van der Waals surface area contributed by atoms with Crippen LogP contribution in [0.15, 0.2) is 54.6 Å². The van der Waals surface area contributed by atoms with Gasteiger partial charge in [0.15, 0.2) is 11.5 Å². The SMILES string of the molecule is COc1cc(CNc2cc(C(=O)O)ccc2C)cc(Cl)c1OCc1ccccc1C. The number of aryl methyl sites for hydroxylation is 2. The molecule has 0 fully saturated rings. The molecule has 0 atom stereocenters. The Morgan fingerprint density at radius 1 is 1.07 bits per heavy atom. The third-order valence-electron chi connectivity index (χ3n) is 4.89. The van der Waals surface area contributed by atoms with E-state index in [4.69, 9.17) is 21.1 Å². The normalized spacial score (nSPS) is 10.5. The van der Waals surface area contributed by atoms with Crippen molar-refractivity contribution in [3.8, 4) is 11.5 Å². The summed E-state index contributed by atoms with van der Waals surface area (Å²) < 4.78 is 11.5. The lowest BCUT2D eigenvalue weighted by atomic mass is 10.1. The summed E-state index contributed by atoms with van der Waals surface area (Å²) >= 11 is 6.49. The molecule has 0 aliphatic rings. The maximum atomic E-state index is 11.2. The van der Waals surface area contributed by atoms with Gasteiger partial charge in [0.2, 0.25) is 0 Å². The molecule has 0 saturated carbocycles. The number of methoxy groups -OCH3 is 1. The predicted octanol–water partition coefficient (Wildman–Crippen LogP) is 5.85. The number of ether oxygens (including phenoxy) is 2. The third-order valence-corrected chi connectivity index (χ3v) is 5.17. The minimum atomic E-state index is -0.960. The van der Waals surface area contributed by atoms with E-state index in [1.54, 1.807) is 25.3 Å². The molecule has 156 valence electrons. The lowest BCUT2D eigenvalue weighted by Gasteiger charge is -2.16. The van der Waals surface area contributed by atoms with Crippen molar-refractivity contribution >= 4 is 23.3 Å². The van der Waals surface area contributed by atoms with Crippen molar-refractivity contribution in [1.82, 2.24) is 0 Å². The first-order valence-electron chi connectivity index (χ1n) is 9.50. The monoisotopic (exact) mass is 425 g/mol. The smallest absolute Gasteiger partial charge is 0.335 e. The second-order valence-corrected chi connectivity index (χ2v) is 7.42. The average molecular weight is 426 g/mol. The molecule has 30 heavy (non-hydrogen) atoms. The van der Waals surface area contributed by atoms with Crippen LogP contribution in [0, 0.1) is 13.8 Å². The Morgan fingerprint density at radius 3 is 2.53 bits per heavy atom. The molecule has 3 rings (SSSR count). The van der Waals surface area contributed by atoms with E-state index in [1.165, 1.54) is 0 Å². The highest BCUT2D eigenvalue weighted by atomic mass is 35.5. The van der Waals surface area contributed by atoms with Crippen LogP contribution in [-0.4, -0.2) is 18.2 Å². The van der Waals surface area contributed by atoms with Gasteiger partial charge in [-0.1, -0.05) is 41.9 Å². The highest BCUT2D eigenvalue weighted by molar-refractivity contribution is 6.32. The number of hydrogen-bond donors (Lipinski definition) is 2. The summed E-state index contributed by atoms with van der Waals surface area (Å²) in [5.74, 6) is 0.0806. The van der Waals surface area contributed by atoms with Crippen LogP contribution >= 0.6 is 11.6 Å². The molecule has 0 aromatic heterocycles. The first-order chi connectivity index (χ1) is 14.4. The molecular formula is C24H24ClNO4. The predicted molar refractivity (Wildman–Crippen MR) is 119 cm³/mol. The van der Waals surface area contributed by atoms with Crippen LogP contribution in [0.3, 0.4) is 0 Å². The minimum Gasteiger partial charge on any atom is -0.493 e. The number of benzene rings is 3. The van der Waals surface area contributed by atoms with E-state index in [2.05, 4.69) is 5.32 Å². The van der Waals surface area contributed by atoms with Crippen LogP contribution in [-0.2, 0) is 13.2 Å². The topological polar surface area (TPSA) is 67.8 Å². The fraction of sp³-hybridized carbons (Fsp3) is 0.208. The Hall–Kier alpha value is -3.18. The van der Waals surface area contributed by atoms with Crippen molar-refractivity contribution in [2.24, 2.45) is 0 Å². The van der Waals surface area contributed by atoms with E-state index in [1.807, 2.05) is 50.2 Å². The lowest BCUT2D eigenvalue weighted by Crippen LogP contribution is -2.05. The zero-order valence-corrected chi connectivity index (χ0v) is 17.9. The Morgan fingerprint density at radius 2 is 1.83 bits per heavy atom. The number of hydrogen-bond acceptors (Lipinski definition) is 4. The summed E-state index contributed by atoms with van der Waals surface area (Å²) in [6, 6.07) is 16.7. The maximum absolute atomic E-state index is 11.2. The fourth-order valence-electron chi connectivity index (χ4n) is 3.08. The number of carboxylic acid groups (broad SMARTS) is 1. The summed E-state index contributed by atoms with van der Waals surface area (Å²) in [5.41, 5.74) is 5.06. The van der Waals surface area contributed by atoms with Gasteiger partial charge in [-0.25, -0.2) is 4.79 Å². The van der Waals surface area contributed by atoms with Gasteiger partial charge >= 0.3 is 5.97 Å². The molecule has 2 N–H and O–H groups in total. The maximum Gasteiger partial charge on any atom is 0.335 e. The van der Waals surface area contributed by atoms with E-state index in [0.717, 1.165) is 27.9 Å². The summed E-state index contributed by atoms with van der Waals surface area (Å²) in [5, 5.41) is 12.9. The van der Waals surface area contributed by atoms with Crippen LogP contribution in [0.4, 0.5) is 5.69 Å². The molecule has 0 radical (unpaired) electrons. The van der Waals surface area contributed by atoms with Gasteiger partial charge in [-0.15, -0.1) is 0 Å². The van der Waals surface area contributed by atoms with Crippen LogP contribution in [0.25, 0.3) is 0 Å². The van der Waals surface area contributed by atoms with Gasteiger partial charge in [0, 0.05) is 12.2 Å². The van der Waals surface area contributed by atoms with Gasteiger partial charge < -0.3 is 19.9 Å². The first-order valence-corrected chi connectivity index (χ1v) is 9.88. The van der Waals surface area contributed by atoms with E-state index < -0.39 is 5.97 Å². The number of carboxylic acids is 1. The van der Waals surface area contributed by atoms with Crippen LogP contribution in [0.1, 0.15) is 32.6 Å².